The van der Waals surface area contributed by atoms with Crippen molar-refractivity contribution in [2.24, 2.45) is 5.92 Å². The van der Waals surface area contributed by atoms with E-state index < -0.39 is 0 Å². The number of hydrogen-bond donors (Lipinski definition) is 1. The Morgan fingerprint density at radius 1 is 1.00 bits per heavy atom. The van der Waals surface area contributed by atoms with Gasteiger partial charge in [-0.25, -0.2) is 0 Å². The number of nitrogens with one attached hydrogen (secondary N) is 1. The molecule has 5 heteroatoms. The Morgan fingerprint density at radius 3 is 2.47 bits per heavy atom. The Kier molecular flexibility index (Phi) is 7.88. The zero-order valence-electron chi connectivity index (χ0n) is 22.0. The number of unbranched alkanes of at least 4 members (excludes halogenated alkanes) is 1. The molecule has 0 saturated carbocycles. The molecule has 0 aliphatic rings. The maximum atomic E-state index is 6.79. The Balaban J connectivity index is 1.57. The van der Waals surface area contributed by atoms with Crippen molar-refractivity contribution in [3.63, 3.8) is 0 Å². The first-order valence-corrected chi connectivity index (χ1v) is 12.7. The van der Waals surface area contributed by atoms with Gasteiger partial charge in [-0.1, -0.05) is 0 Å². The molecule has 1 radical (unpaired) electrons. The van der Waals surface area contributed by atoms with Gasteiger partial charge in [0.25, 0.3) is 0 Å². The predicted molar refractivity (Wildman–Crippen MR) is 153 cm³/mol. The number of pyridine rings is 2. The fraction of sp³-hybridized carbons (Fsp3) is 0.323. The third-order valence-electron chi connectivity index (χ3n) is 7.29. The summed E-state index contributed by atoms with van der Waals surface area (Å²) in [5, 5.41) is 4.61. The normalized spacial score (nSPS) is 12.9. The molecule has 4 aromatic rings. The fourth-order valence-electron chi connectivity index (χ4n) is 4.53. The van der Waals surface area contributed by atoms with Crippen molar-refractivity contribution in [2.75, 3.05) is 12.4 Å². The first-order chi connectivity index (χ1) is 17.3. The molecule has 4 nitrogen and oxygen atoms in total. The zero-order valence-corrected chi connectivity index (χ0v) is 22.0. The number of rotatable bonds is 10. The topological polar surface area (TPSA) is 47.0 Å². The van der Waals surface area contributed by atoms with Gasteiger partial charge in [0.1, 0.15) is 0 Å². The standard InChI is InChI=1S/C31H35BN3O/c1-6-7-8-26-14-11-23-17-27(15-16-29(23)34-26)35-30(32)31(4,21(2)3)25-12-9-22(10-13-25)24-18-28(36-5)20-33-19-24/h9-21,35H,6-8H2,1-5H3. The Bertz CT molecular complexity index is 1350. The van der Waals surface area contributed by atoms with E-state index in [-0.39, 0.29) is 11.3 Å². The maximum absolute atomic E-state index is 6.79. The van der Waals surface area contributed by atoms with E-state index in [0.717, 1.165) is 63.2 Å². The van der Waals surface area contributed by atoms with Crippen LogP contribution in [-0.4, -0.2) is 30.2 Å². The van der Waals surface area contributed by atoms with Crippen LogP contribution in [0, 0.1) is 5.92 Å². The van der Waals surface area contributed by atoms with Crippen LogP contribution in [0.25, 0.3) is 22.0 Å². The van der Waals surface area contributed by atoms with Crippen molar-refractivity contribution in [1.29, 1.82) is 0 Å². The van der Waals surface area contributed by atoms with Crippen molar-refractivity contribution in [3.05, 3.63) is 84.3 Å². The molecule has 0 aliphatic heterocycles. The number of benzene rings is 2. The van der Waals surface area contributed by atoms with Crippen molar-refractivity contribution in [1.82, 2.24) is 9.97 Å². The van der Waals surface area contributed by atoms with Crippen molar-refractivity contribution < 1.29 is 4.74 Å². The second kappa shape index (κ2) is 11.1. The van der Waals surface area contributed by atoms with Gasteiger partial charge in [0, 0.05) is 0 Å². The molecule has 1 unspecified atom stereocenters. The molecule has 1 atom stereocenters. The molecule has 0 fully saturated rings. The van der Waals surface area contributed by atoms with Gasteiger partial charge in [-0.15, -0.1) is 0 Å². The summed E-state index contributed by atoms with van der Waals surface area (Å²) < 4.78 is 5.33. The van der Waals surface area contributed by atoms with Crippen LogP contribution >= 0.6 is 0 Å². The zero-order chi connectivity index (χ0) is 25.7. The van der Waals surface area contributed by atoms with Crippen molar-refractivity contribution in [3.8, 4) is 16.9 Å². The number of methoxy groups -OCH3 is 1. The number of aromatic nitrogens is 2. The van der Waals surface area contributed by atoms with E-state index in [1.807, 2.05) is 12.3 Å². The summed E-state index contributed by atoms with van der Waals surface area (Å²) in [6.07, 6.45) is 6.92. The molecule has 0 aliphatic carbocycles. The van der Waals surface area contributed by atoms with Crippen LogP contribution in [0.4, 0.5) is 5.69 Å². The number of nitrogens with zero attached hydrogens (tertiary/aromatic N) is 2. The van der Waals surface area contributed by atoms with Gasteiger partial charge in [0.05, 0.1) is 0 Å². The summed E-state index contributed by atoms with van der Waals surface area (Å²) >= 11 is 0. The van der Waals surface area contributed by atoms with Crippen LogP contribution in [0.5, 0.6) is 5.75 Å². The first kappa shape index (κ1) is 25.6. The van der Waals surface area contributed by atoms with E-state index in [1.54, 1.807) is 13.3 Å². The molecule has 0 spiro atoms. The number of hydrogen-bond acceptors (Lipinski definition) is 4. The minimum absolute atomic E-state index is 0.276. The third kappa shape index (κ3) is 5.35. The molecule has 2 aromatic carbocycles. The van der Waals surface area contributed by atoms with Crippen LogP contribution in [0.3, 0.4) is 0 Å². The van der Waals surface area contributed by atoms with Crippen LogP contribution in [0.1, 0.15) is 51.8 Å². The van der Waals surface area contributed by atoms with E-state index in [9.17, 15) is 0 Å². The first-order valence-electron chi connectivity index (χ1n) is 12.7. The minimum atomic E-state index is -0.373. The average Bonchev–Trinajstić information content (AvgIpc) is 2.91. The molecule has 1 N–H and O–H groups in total. The average molecular weight is 476 g/mol. The van der Waals surface area contributed by atoms with Crippen LogP contribution in [-0.2, 0) is 11.8 Å². The van der Waals surface area contributed by atoms with Crippen LogP contribution < -0.4 is 10.1 Å². The summed E-state index contributed by atoms with van der Waals surface area (Å²) in [6.45, 7) is 8.81. The summed E-state index contributed by atoms with van der Waals surface area (Å²) in [7, 11) is 8.44. The second-order valence-corrected chi connectivity index (χ2v) is 9.90. The van der Waals surface area contributed by atoms with Gasteiger partial charge in [0.2, 0.25) is 0 Å². The van der Waals surface area contributed by atoms with Crippen molar-refractivity contribution >= 4 is 29.7 Å². The van der Waals surface area contributed by atoms with E-state index in [4.69, 9.17) is 17.2 Å². The van der Waals surface area contributed by atoms with E-state index >= 15 is 0 Å². The monoisotopic (exact) mass is 476 g/mol. The summed E-state index contributed by atoms with van der Waals surface area (Å²) in [4.78, 5) is 9.11. The molecule has 2 aromatic heterocycles. The molecule has 183 valence electrons. The fourth-order valence-corrected chi connectivity index (χ4v) is 4.53. The van der Waals surface area contributed by atoms with Crippen LogP contribution in [0.2, 0.25) is 0 Å². The van der Waals surface area contributed by atoms with E-state index in [1.165, 1.54) is 6.42 Å². The van der Waals surface area contributed by atoms with Gasteiger partial charge in [-0.05, 0) is 0 Å². The quantitative estimate of drug-likeness (QED) is 0.251. The molecule has 0 bridgehead atoms. The van der Waals surface area contributed by atoms with Gasteiger partial charge in [-0.3, -0.25) is 0 Å². The van der Waals surface area contributed by atoms with Gasteiger partial charge in [0.15, 0.2) is 0 Å². The number of anilines is 1. The third-order valence-corrected chi connectivity index (χ3v) is 7.29. The predicted octanol–water partition coefficient (Wildman–Crippen LogP) is 6.97. The van der Waals surface area contributed by atoms with Gasteiger partial charge >= 0.3 is 216 Å². The molecule has 4 rings (SSSR count). The molecule has 36 heavy (non-hydrogen) atoms. The summed E-state index contributed by atoms with van der Waals surface area (Å²) in [5.74, 6) is 1.02. The number of aryl methyl sites for hydroxylation is 1. The van der Waals surface area contributed by atoms with E-state index in [2.05, 4.69) is 92.6 Å². The Labute approximate surface area is 216 Å². The number of ether oxygens (including phenoxy) is 1. The molecular weight excluding hydrogens is 441 g/mol. The van der Waals surface area contributed by atoms with Crippen molar-refractivity contribution in [2.45, 2.75) is 52.4 Å². The van der Waals surface area contributed by atoms with Gasteiger partial charge in [-0.2, -0.15) is 0 Å². The SMILES string of the molecule is [B]=C(Nc1ccc2nc(CCCC)ccc2c1)C(C)(c1ccc(-c2cncc(OC)c2)cc1)C(C)C. The van der Waals surface area contributed by atoms with Gasteiger partial charge < -0.3 is 0 Å². The van der Waals surface area contributed by atoms with E-state index in [0.29, 0.717) is 0 Å². The summed E-state index contributed by atoms with van der Waals surface area (Å²) in [6, 6.07) is 21.1. The molecular formula is C31H35BN3O. The molecule has 0 amide bonds. The Hall–Kier alpha value is -3.47. The second-order valence-electron chi connectivity index (χ2n) is 9.90. The summed E-state index contributed by atoms with van der Waals surface area (Å²) in [5.41, 5.74) is 6.74. The molecule has 2 heterocycles. The number of fused-ring (bicyclic) bond motifs is 1. The molecule has 0 saturated heterocycles. The Morgan fingerprint density at radius 2 is 1.78 bits per heavy atom. The van der Waals surface area contributed by atoms with Crippen LogP contribution in [0.15, 0.2) is 73.1 Å².